The molecule has 0 unspecified atom stereocenters. The van der Waals surface area contributed by atoms with Crippen LogP contribution in [0.25, 0.3) is 0 Å². The summed E-state index contributed by atoms with van der Waals surface area (Å²) in [6.45, 7) is 4.68. The molecule has 4 rings (SSSR count). The molecular formula is C22H32N2O3S. The molecule has 2 atom stereocenters. The Hall–Kier alpha value is -1.40. The van der Waals surface area contributed by atoms with Gasteiger partial charge in [-0.3, -0.25) is 4.79 Å². The highest BCUT2D eigenvalue weighted by Gasteiger charge is 2.34. The van der Waals surface area contributed by atoms with Crippen molar-refractivity contribution in [2.75, 3.05) is 26.2 Å². The number of fused-ring (bicyclic) bond motifs is 1. The van der Waals surface area contributed by atoms with Gasteiger partial charge in [-0.25, -0.2) is 8.42 Å². The lowest BCUT2D eigenvalue weighted by atomic mass is 9.75. The third-order valence-electron chi connectivity index (χ3n) is 6.97. The van der Waals surface area contributed by atoms with Gasteiger partial charge in [0.1, 0.15) is 0 Å². The van der Waals surface area contributed by atoms with Crippen LogP contribution in [0, 0.1) is 18.8 Å². The number of rotatable bonds is 3. The van der Waals surface area contributed by atoms with Gasteiger partial charge in [0.15, 0.2) is 0 Å². The maximum Gasteiger partial charge on any atom is 0.254 e. The average molecular weight is 405 g/mol. The van der Waals surface area contributed by atoms with Crippen LogP contribution in [0.3, 0.4) is 0 Å². The molecular weight excluding hydrogens is 372 g/mol. The van der Waals surface area contributed by atoms with E-state index in [1.54, 1.807) is 22.5 Å². The molecule has 0 bridgehead atoms. The molecule has 3 fully saturated rings. The molecule has 1 amide bonds. The van der Waals surface area contributed by atoms with Crippen LogP contribution in [0.1, 0.15) is 67.3 Å². The summed E-state index contributed by atoms with van der Waals surface area (Å²) in [5.74, 6) is 1.38. The molecule has 1 aliphatic carbocycles. The van der Waals surface area contributed by atoms with Gasteiger partial charge in [-0.15, -0.1) is 0 Å². The molecule has 2 heterocycles. The molecule has 0 spiro atoms. The Labute approximate surface area is 169 Å². The summed E-state index contributed by atoms with van der Waals surface area (Å²) in [7, 11) is -3.52. The van der Waals surface area contributed by atoms with Gasteiger partial charge in [-0.1, -0.05) is 31.7 Å². The molecule has 0 N–H and O–H groups in total. The van der Waals surface area contributed by atoms with Crippen LogP contribution in [0.15, 0.2) is 23.1 Å². The number of aryl methyl sites for hydroxylation is 1. The van der Waals surface area contributed by atoms with Gasteiger partial charge in [-0.2, -0.15) is 4.31 Å². The first-order chi connectivity index (χ1) is 13.5. The Balaban J connectivity index is 1.56. The third-order valence-corrected chi connectivity index (χ3v) is 8.87. The van der Waals surface area contributed by atoms with Gasteiger partial charge < -0.3 is 4.90 Å². The predicted molar refractivity (Wildman–Crippen MR) is 110 cm³/mol. The molecule has 0 radical (unpaired) electrons. The molecule has 3 aliphatic rings. The second-order valence-electron chi connectivity index (χ2n) is 8.79. The summed E-state index contributed by atoms with van der Waals surface area (Å²) in [6.07, 6.45) is 9.10. The molecule has 1 aromatic carbocycles. The van der Waals surface area contributed by atoms with Crippen molar-refractivity contribution >= 4 is 15.9 Å². The van der Waals surface area contributed by atoms with Crippen LogP contribution in [-0.2, 0) is 10.0 Å². The summed E-state index contributed by atoms with van der Waals surface area (Å²) >= 11 is 0. The molecule has 2 aliphatic heterocycles. The number of amides is 1. The third kappa shape index (κ3) is 3.86. The number of likely N-dealkylation sites (tertiary alicyclic amines) is 1. The van der Waals surface area contributed by atoms with Crippen LogP contribution in [0.2, 0.25) is 0 Å². The number of piperidine rings is 2. The zero-order valence-electron chi connectivity index (χ0n) is 16.9. The minimum absolute atomic E-state index is 0.00258. The summed E-state index contributed by atoms with van der Waals surface area (Å²) < 4.78 is 27.6. The lowest BCUT2D eigenvalue weighted by Crippen LogP contribution is -2.45. The standard InChI is InChI=1S/C22H32N2O3S/c1-17-9-10-20(28(26,27)24-12-5-2-6-13-24)15-21(17)22(25)23-14-11-18-7-3-4-8-19(18)16-23/h9-10,15,18-19H,2-8,11-14,16H2,1H3/t18-,19-/m1/s1. The maximum atomic E-state index is 13.3. The molecule has 2 saturated heterocycles. The van der Waals surface area contributed by atoms with Crippen molar-refractivity contribution in [3.05, 3.63) is 29.3 Å². The van der Waals surface area contributed by atoms with E-state index in [2.05, 4.69) is 0 Å². The first-order valence-corrected chi connectivity index (χ1v) is 12.3. The van der Waals surface area contributed by atoms with E-state index in [9.17, 15) is 13.2 Å². The van der Waals surface area contributed by atoms with E-state index >= 15 is 0 Å². The van der Waals surface area contributed by atoms with Crippen molar-refractivity contribution in [3.8, 4) is 0 Å². The number of nitrogens with zero attached hydrogens (tertiary/aromatic N) is 2. The Kier molecular flexibility index (Phi) is 5.79. The average Bonchev–Trinajstić information content (AvgIpc) is 2.73. The SMILES string of the molecule is Cc1ccc(S(=O)(=O)N2CCCCC2)cc1C(=O)N1CC[C@H]2CCCC[C@@H]2C1. The largest absolute Gasteiger partial charge is 0.338 e. The number of hydrogen-bond donors (Lipinski definition) is 0. The Morgan fingerprint density at radius 3 is 2.39 bits per heavy atom. The fraction of sp³-hybridized carbons (Fsp3) is 0.682. The smallest absolute Gasteiger partial charge is 0.254 e. The van der Waals surface area contributed by atoms with Crippen LogP contribution >= 0.6 is 0 Å². The van der Waals surface area contributed by atoms with Crippen LogP contribution in [0.5, 0.6) is 0 Å². The lowest BCUT2D eigenvalue weighted by Gasteiger charge is -2.41. The van der Waals surface area contributed by atoms with Gasteiger partial charge in [0, 0.05) is 31.7 Å². The van der Waals surface area contributed by atoms with E-state index in [0.717, 1.165) is 50.3 Å². The Morgan fingerprint density at radius 2 is 1.64 bits per heavy atom. The number of carbonyl (C=O) groups is 1. The van der Waals surface area contributed by atoms with E-state index in [4.69, 9.17) is 0 Å². The van der Waals surface area contributed by atoms with Gasteiger partial charge in [-0.05, 0) is 62.1 Å². The quantitative estimate of drug-likeness (QED) is 0.769. The first kappa shape index (κ1) is 19.9. The van der Waals surface area contributed by atoms with E-state index in [-0.39, 0.29) is 10.8 Å². The Bertz CT molecular complexity index is 830. The topological polar surface area (TPSA) is 57.7 Å². The van der Waals surface area contributed by atoms with E-state index in [1.807, 2.05) is 11.8 Å². The van der Waals surface area contributed by atoms with Crippen LogP contribution in [0.4, 0.5) is 0 Å². The molecule has 28 heavy (non-hydrogen) atoms. The summed E-state index contributed by atoms with van der Waals surface area (Å²) in [5, 5.41) is 0. The molecule has 1 aromatic rings. The zero-order valence-corrected chi connectivity index (χ0v) is 17.7. The van der Waals surface area contributed by atoms with Crippen molar-refractivity contribution in [3.63, 3.8) is 0 Å². The molecule has 154 valence electrons. The van der Waals surface area contributed by atoms with Gasteiger partial charge in [0.25, 0.3) is 5.91 Å². The highest BCUT2D eigenvalue weighted by molar-refractivity contribution is 7.89. The van der Waals surface area contributed by atoms with E-state index in [1.165, 1.54) is 25.7 Å². The van der Waals surface area contributed by atoms with Crippen molar-refractivity contribution < 1.29 is 13.2 Å². The molecule has 1 saturated carbocycles. The second kappa shape index (κ2) is 8.15. The fourth-order valence-electron chi connectivity index (χ4n) is 5.20. The summed E-state index contributed by atoms with van der Waals surface area (Å²) in [5.41, 5.74) is 1.40. The second-order valence-corrected chi connectivity index (χ2v) is 10.7. The van der Waals surface area contributed by atoms with Crippen molar-refractivity contribution in [2.45, 2.75) is 63.2 Å². The van der Waals surface area contributed by atoms with Crippen LogP contribution in [-0.4, -0.2) is 49.7 Å². The molecule has 0 aromatic heterocycles. The maximum absolute atomic E-state index is 13.3. The van der Waals surface area contributed by atoms with E-state index in [0.29, 0.717) is 24.6 Å². The summed E-state index contributed by atoms with van der Waals surface area (Å²) in [6, 6.07) is 5.06. The highest BCUT2D eigenvalue weighted by Crippen LogP contribution is 2.36. The first-order valence-electron chi connectivity index (χ1n) is 10.9. The van der Waals surface area contributed by atoms with Crippen molar-refractivity contribution in [2.24, 2.45) is 11.8 Å². The molecule has 5 nitrogen and oxygen atoms in total. The van der Waals surface area contributed by atoms with E-state index < -0.39 is 10.0 Å². The van der Waals surface area contributed by atoms with Gasteiger partial charge in [0.2, 0.25) is 10.0 Å². The number of benzene rings is 1. The monoisotopic (exact) mass is 404 g/mol. The van der Waals surface area contributed by atoms with Gasteiger partial charge in [0.05, 0.1) is 4.90 Å². The Morgan fingerprint density at radius 1 is 0.929 bits per heavy atom. The molecule has 6 heteroatoms. The van der Waals surface area contributed by atoms with Crippen molar-refractivity contribution in [1.82, 2.24) is 9.21 Å². The predicted octanol–water partition coefficient (Wildman–Crippen LogP) is 3.82. The minimum Gasteiger partial charge on any atom is -0.338 e. The van der Waals surface area contributed by atoms with Crippen LogP contribution < -0.4 is 0 Å². The summed E-state index contributed by atoms with van der Waals surface area (Å²) in [4.78, 5) is 15.5. The number of carbonyl (C=O) groups excluding carboxylic acids is 1. The lowest BCUT2D eigenvalue weighted by molar-refractivity contribution is 0.0520. The normalized spacial score (nSPS) is 26.7. The number of hydrogen-bond acceptors (Lipinski definition) is 3. The van der Waals surface area contributed by atoms with Crippen molar-refractivity contribution in [1.29, 1.82) is 0 Å². The number of sulfonamides is 1. The fourth-order valence-corrected chi connectivity index (χ4v) is 6.75. The van der Waals surface area contributed by atoms with Gasteiger partial charge >= 0.3 is 0 Å². The zero-order chi connectivity index (χ0) is 19.7. The minimum atomic E-state index is -3.52. The highest BCUT2D eigenvalue weighted by atomic mass is 32.2.